The van der Waals surface area contributed by atoms with Crippen molar-refractivity contribution in [2.24, 2.45) is 0 Å². The Bertz CT molecular complexity index is 601. The van der Waals surface area contributed by atoms with Gasteiger partial charge in [-0.1, -0.05) is 41.5 Å². The van der Waals surface area contributed by atoms with Gasteiger partial charge in [0.15, 0.2) is 28.2 Å². The highest BCUT2D eigenvalue weighted by Gasteiger charge is 2.58. The van der Waals surface area contributed by atoms with E-state index in [0.29, 0.717) is 6.42 Å². The van der Waals surface area contributed by atoms with E-state index in [1.165, 1.54) is 0 Å². The number of ketones is 1. The number of carbonyl (C=O) groups is 1. The van der Waals surface area contributed by atoms with Crippen LogP contribution in [0.25, 0.3) is 0 Å². The van der Waals surface area contributed by atoms with Gasteiger partial charge in [0, 0.05) is 6.42 Å². The van der Waals surface area contributed by atoms with Crippen molar-refractivity contribution in [3.05, 3.63) is 0 Å². The van der Waals surface area contributed by atoms with E-state index in [4.69, 9.17) is 18.3 Å². The maximum absolute atomic E-state index is 12.9. The number of fused-ring (bicyclic) bond motifs is 1. The molecule has 0 amide bonds. The van der Waals surface area contributed by atoms with Gasteiger partial charge in [-0.3, -0.25) is 4.79 Å². The summed E-state index contributed by atoms with van der Waals surface area (Å²) in [6.45, 7) is 26.0. The number of hydrogen-bond donors (Lipinski definition) is 0. The average molecular weight is 431 g/mol. The molecule has 0 radical (unpaired) electrons. The molecule has 2 rings (SSSR count). The van der Waals surface area contributed by atoms with Gasteiger partial charge < -0.3 is 18.3 Å². The second kappa shape index (κ2) is 7.27. The van der Waals surface area contributed by atoms with Crippen molar-refractivity contribution < 1.29 is 23.1 Å². The summed E-state index contributed by atoms with van der Waals surface area (Å²) in [7, 11) is -4.17. The number of rotatable bonds is 4. The van der Waals surface area contributed by atoms with Crippen LogP contribution >= 0.6 is 0 Å². The first-order valence-corrected chi connectivity index (χ1v) is 16.3. The first kappa shape index (κ1) is 24.2. The Morgan fingerprint density at radius 2 is 1.36 bits per heavy atom. The highest BCUT2D eigenvalue weighted by atomic mass is 28.4. The fourth-order valence-corrected chi connectivity index (χ4v) is 5.89. The Hall–Kier alpha value is -0.0562. The molecular formula is C21H42O5Si2. The minimum Gasteiger partial charge on any atom is -0.411 e. The first-order valence-electron chi connectivity index (χ1n) is 10.5. The Morgan fingerprint density at radius 3 is 1.82 bits per heavy atom. The summed E-state index contributed by atoms with van der Waals surface area (Å²) in [5.41, 5.74) is 0. The van der Waals surface area contributed by atoms with E-state index in [9.17, 15) is 4.79 Å². The fourth-order valence-electron chi connectivity index (χ4n) is 3.24. The smallest absolute Gasteiger partial charge is 0.192 e. The quantitative estimate of drug-likeness (QED) is 0.569. The normalized spacial score (nSPS) is 31.8. The predicted molar refractivity (Wildman–Crippen MR) is 118 cm³/mol. The zero-order chi connectivity index (χ0) is 21.9. The molecule has 0 aromatic heterocycles. The molecule has 0 spiro atoms. The summed E-state index contributed by atoms with van der Waals surface area (Å²) in [5, 5.41) is 0.112. The molecule has 1 saturated heterocycles. The molecule has 1 aliphatic heterocycles. The van der Waals surface area contributed by atoms with Gasteiger partial charge in [-0.15, -0.1) is 0 Å². The lowest BCUT2D eigenvalue weighted by Crippen LogP contribution is -2.61. The van der Waals surface area contributed by atoms with Crippen molar-refractivity contribution in [3.63, 3.8) is 0 Å². The number of carbonyl (C=O) groups excluding carboxylic acids is 1. The summed E-state index contributed by atoms with van der Waals surface area (Å²) in [6.07, 6.45) is -1.24. The Labute approximate surface area is 174 Å². The van der Waals surface area contributed by atoms with Crippen LogP contribution in [-0.2, 0) is 23.1 Å². The van der Waals surface area contributed by atoms with Gasteiger partial charge >= 0.3 is 0 Å². The summed E-state index contributed by atoms with van der Waals surface area (Å²) in [4.78, 5) is 12.9. The minimum absolute atomic E-state index is 0.0560. The zero-order valence-electron chi connectivity index (χ0n) is 20.1. The van der Waals surface area contributed by atoms with Crippen LogP contribution in [-0.4, -0.2) is 52.6 Å². The third-order valence-electron chi connectivity index (χ3n) is 7.03. The topological polar surface area (TPSA) is 54.0 Å². The van der Waals surface area contributed by atoms with E-state index >= 15 is 0 Å². The highest BCUT2D eigenvalue weighted by Crippen LogP contribution is 2.45. The molecule has 1 saturated carbocycles. The van der Waals surface area contributed by atoms with Crippen LogP contribution in [0.5, 0.6) is 0 Å². The largest absolute Gasteiger partial charge is 0.411 e. The number of hydrogen-bond acceptors (Lipinski definition) is 5. The van der Waals surface area contributed by atoms with Crippen LogP contribution in [0, 0.1) is 0 Å². The van der Waals surface area contributed by atoms with Crippen molar-refractivity contribution in [2.75, 3.05) is 0 Å². The number of ether oxygens (including phenoxy) is 2. The third kappa shape index (κ3) is 4.81. The molecule has 4 atom stereocenters. The van der Waals surface area contributed by atoms with Crippen molar-refractivity contribution in [2.45, 2.75) is 128 Å². The SMILES string of the molecule is CC1(C)O[C@H]2[C@H](O[Si](C)(C)C(C)(C)C)[C@@H](O[Si](C)(C)C(C)(C)C)CC(=O)[C@H]2O1. The monoisotopic (exact) mass is 430 g/mol. The van der Waals surface area contributed by atoms with Gasteiger partial charge in [-0.05, 0) is 50.1 Å². The third-order valence-corrected chi connectivity index (χ3v) is 16.0. The molecule has 0 aromatic carbocycles. The first-order chi connectivity index (χ1) is 12.3. The van der Waals surface area contributed by atoms with Crippen molar-refractivity contribution in [3.8, 4) is 0 Å². The van der Waals surface area contributed by atoms with Crippen LogP contribution in [0.4, 0.5) is 0 Å². The van der Waals surface area contributed by atoms with Crippen LogP contribution in [0.15, 0.2) is 0 Å². The van der Waals surface area contributed by atoms with Gasteiger partial charge in [-0.2, -0.15) is 0 Å². The number of Topliss-reactive ketones (excluding diaryl/α,β-unsaturated/α-hetero) is 1. The summed E-state index contributed by atoms with van der Waals surface area (Å²) in [5.74, 6) is -0.722. The van der Waals surface area contributed by atoms with Gasteiger partial charge in [0.25, 0.3) is 0 Å². The van der Waals surface area contributed by atoms with E-state index in [1.54, 1.807) is 0 Å². The van der Waals surface area contributed by atoms with Crippen LogP contribution in [0.3, 0.4) is 0 Å². The van der Waals surface area contributed by atoms with Crippen LogP contribution < -0.4 is 0 Å². The summed E-state index contributed by atoms with van der Waals surface area (Å²) < 4.78 is 25.8. The molecule has 0 unspecified atom stereocenters. The lowest BCUT2D eigenvalue weighted by Gasteiger charge is -2.48. The van der Waals surface area contributed by atoms with E-state index in [1.807, 2.05) is 13.8 Å². The van der Waals surface area contributed by atoms with Gasteiger partial charge in [0.1, 0.15) is 12.2 Å². The standard InChI is InChI=1S/C21H42O5Si2/c1-19(2,3)27(9,10)25-15-13-14(22)16-18(24-21(7,8)23-16)17(15)26-28(11,12)20(4,5)6/h15-18H,13H2,1-12H3/t15-,16+,17+,18+/m0/s1. The lowest BCUT2D eigenvalue weighted by molar-refractivity contribution is -0.157. The van der Waals surface area contributed by atoms with Crippen molar-refractivity contribution in [1.82, 2.24) is 0 Å². The minimum atomic E-state index is -2.10. The zero-order valence-corrected chi connectivity index (χ0v) is 22.1. The average Bonchev–Trinajstić information content (AvgIpc) is 2.76. The maximum atomic E-state index is 12.9. The molecule has 2 aliphatic rings. The Morgan fingerprint density at radius 1 is 0.893 bits per heavy atom. The molecule has 1 aliphatic carbocycles. The Kier molecular flexibility index (Phi) is 6.29. The van der Waals surface area contributed by atoms with E-state index in [0.717, 1.165) is 0 Å². The van der Waals surface area contributed by atoms with Crippen LogP contribution in [0.1, 0.15) is 61.8 Å². The van der Waals surface area contributed by atoms with Crippen molar-refractivity contribution >= 4 is 22.4 Å². The summed E-state index contributed by atoms with van der Waals surface area (Å²) >= 11 is 0. The molecule has 0 bridgehead atoms. The van der Waals surface area contributed by atoms with Gasteiger partial charge in [0.05, 0.1) is 12.2 Å². The second-order valence-corrected chi connectivity index (χ2v) is 21.5. The molecule has 5 nitrogen and oxygen atoms in total. The fraction of sp³-hybridized carbons (Fsp3) is 0.952. The molecule has 2 fully saturated rings. The van der Waals surface area contributed by atoms with E-state index < -0.39 is 34.6 Å². The molecule has 28 heavy (non-hydrogen) atoms. The predicted octanol–water partition coefficient (Wildman–Crippen LogP) is 5.26. The Balaban J connectivity index is 2.40. The molecule has 1 heterocycles. The lowest BCUT2D eigenvalue weighted by atomic mass is 9.89. The molecule has 164 valence electrons. The van der Waals surface area contributed by atoms with E-state index in [-0.39, 0.29) is 28.1 Å². The molecular weight excluding hydrogens is 388 g/mol. The van der Waals surface area contributed by atoms with Crippen molar-refractivity contribution in [1.29, 1.82) is 0 Å². The highest BCUT2D eigenvalue weighted by molar-refractivity contribution is 6.74. The van der Waals surface area contributed by atoms with Crippen LogP contribution in [0.2, 0.25) is 36.3 Å². The van der Waals surface area contributed by atoms with E-state index in [2.05, 4.69) is 67.7 Å². The summed E-state index contributed by atoms with van der Waals surface area (Å²) in [6, 6.07) is 0. The van der Waals surface area contributed by atoms with Gasteiger partial charge in [-0.25, -0.2) is 0 Å². The molecule has 0 aromatic rings. The maximum Gasteiger partial charge on any atom is 0.192 e. The molecule has 0 N–H and O–H groups in total. The van der Waals surface area contributed by atoms with Gasteiger partial charge in [0.2, 0.25) is 0 Å². The molecule has 7 heteroatoms. The second-order valence-electron chi connectivity index (χ2n) is 12.0.